The number of aliphatic hydroxyl groups is 1. The van der Waals surface area contributed by atoms with Gasteiger partial charge in [0, 0.05) is 6.61 Å². The molecule has 0 aliphatic carbocycles. The van der Waals surface area contributed by atoms with E-state index in [4.69, 9.17) is 5.11 Å². The summed E-state index contributed by atoms with van der Waals surface area (Å²) in [5.41, 5.74) is 0. The Balaban J connectivity index is 3.34. The van der Waals surface area contributed by atoms with E-state index in [0.29, 0.717) is 6.61 Å². The second-order valence-electron chi connectivity index (χ2n) is 3.27. The Hall–Kier alpha value is -0.0800. The maximum atomic E-state index is 8.62. The summed E-state index contributed by atoms with van der Waals surface area (Å²) < 4.78 is 0. The van der Waals surface area contributed by atoms with E-state index >= 15 is 0 Å². The monoisotopic (exact) mass is 173 g/mol. The van der Waals surface area contributed by atoms with E-state index in [1.54, 1.807) is 0 Å². The summed E-state index contributed by atoms with van der Waals surface area (Å²) in [6, 6.07) is 0. The van der Waals surface area contributed by atoms with Gasteiger partial charge in [0.1, 0.15) is 0 Å². The average molecular weight is 173 g/mol. The largest absolute Gasteiger partial charge is 0.396 e. The summed E-state index contributed by atoms with van der Waals surface area (Å²) in [6.45, 7) is 8.34. The van der Waals surface area contributed by atoms with Crippen molar-refractivity contribution < 1.29 is 5.11 Å². The molecule has 0 atom stereocenters. The predicted molar refractivity (Wildman–Crippen MR) is 53.3 cm³/mol. The zero-order chi connectivity index (χ0) is 9.23. The fraction of sp³-hybridized carbons (Fsp3) is 1.00. The van der Waals surface area contributed by atoms with E-state index in [-0.39, 0.29) is 0 Å². The van der Waals surface area contributed by atoms with E-state index in [9.17, 15) is 0 Å². The van der Waals surface area contributed by atoms with Gasteiger partial charge in [-0.05, 0) is 45.3 Å². The van der Waals surface area contributed by atoms with E-state index in [2.05, 4.69) is 18.7 Å². The first kappa shape index (κ1) is 11.9. The van der Waals surface area contributed by atoms with Crippen molar-refractivity contribution in [2.45, 2.75) is 39.5 Å². The molecule has 0 fully saturated rings. The molecule has 0 bridgehead atoms. The summed E-state index contributed by atoms with van der Waals surface area (Å²) in [5, 5.41) is 8.62. The van der Waals surface area contributed by atoms with Crippen LogP contribution in [0.2, 0.25) is 0 Å². The highest BCUT2D eigenvalue weighted by atomic mass is 16.2. The number of unbranched alkanes of at least 4 members (excludes halogenated alkanes) is 1. The first-order chi connectivity index (χ1) is 5.85. The molecule has 0 aromatic rings. The number of nitrogens with zero attached hydrogens (tertiary/aromatic N) is 1. The molecule has 0 aromatic carbocycles. The number of hydrogen-bond acceptors (Lipinski definition) is 2. The van der Waals surface area contributed by atoms with Gasteiger partial charge in [-0.25, -0.2) is 0 Å². The van der Waals surface area contributed by atoms with Gasteiger partial charge in [-0.2, -0.15) is 0 Å². The molecule has 2 heteroatoms. The maximum Gasteiger partial charge on any atom is 0.0431 e. The first-order valence-electron chi connectivity index (χ1n) is 5.18. The van der Waals surface area contributed by atoms with Gasteiger partial charge in [-0.1, -0.05) is 13.8 Å². The molecular weight excluding hydrogens is 150 g/mol. The van der Waals surface area contributed by atoms with Crippen LogP contribution in [-0.4, -0.2) is 36.2 Å². The van der Waals surface area contributed by atoms with Crippen molar-refractivity contribution in [1.29, 1.82) is 0 Å². The fourth-order valence-electron chi connectivity index (χ4n) is 1.42. The summed E-state index contributed by atoms with van der Waals surface area (Å²) >= 11 is 0. The van der Waals surface area contributed by atoms with Crippen LogP contribution in [0.5, 0.6) is 0 Å². The van der Waals surface area contributed by atoms with Crippen LogP contribution in [0, 0.1) is 0 Å². The van der Waals surface area contributed by atoms with Crippen molar-refractivity contribution in [2.24, 2.45) is 0 Å². The van der Waals surface area contributed by atoms with Gasteiger partial charge < -0.3 is 10.0 Å². The van der Waals surface area contributed by atoms with Gasteiger partial charge in [-0.3, -0.25) is 0 Å². The molecule has 0 aliphatic rings. The van der Waals surface area contributed by atoms with Crippen molar-refractivity contribution >= 4 is 0 Å². The molecule has 0 spiro atoms. The van der Waals surface area contributed by atoms with E-state index in [1.165, 1.54) is 25.9 Å². The predicted octanol–water partition coefficient (Wildman–Crippen LogP) is 1.88. The zero-order valence-corrected chi connectivity index (χ0v) is 8.55. The summed E-state index contributed by atoms with van der Waals surface area (Å²) in [4.78, 5) is 2.48. The highest BCUT2D eigenvalue weighted by Crippen LogP contribution is 1.97. The lowest BCUT2D eigenvalue weighted by molar-refractivity contribution is 0.241. The third-order valence-electron chi connectivity index (χ3n) is 1.96. The quantitative estimate of drug-likeness (QED) is 0.566. The lowest BCUT2D eigenvalue weighted by Gasteiger charge is -2.20. The van der Waals surface area contributed by atoms with Gasteiger partial charge in [0.25, 0.3) is 0 Å². The van der Waals surface area contributed by atoms with Crippen LogP contribution in [0.25, 0.3) is 0 Å². The number of aliphatic hydroxyl groups excluding tert-OH is 1. The standard InChI is InChI=1S/C10H23NO/c1-3-7-11(8-4-2)9-5-6-10-12/h12H,3-10H2,1-2H3. The molecule has 0 unspecified atom stereocenters. The first-order valence-corrected chi connectivity index (χ1v) is 5.18. The summed E-state index contributed by atoms with van der Waals surface area (Å²) in [5.74, 6) is 0. The van der Waals surface area contributed by atoms with E-state index < -0.39 is 0 Å². The minimum Gasteiger partial charge on any atom is -0.396 e. The van der Waals surface area contributed by atoms with E-state index in [1.807, 2.05) is 0 Å². The topological polar surface area (TPSA) is 23.5 Å². The molecule has 0 amide bonds. The Morgan fingerprint density at radius 3 is 1.92 bits per heavy atom. The second kappa shape index (κ2) is 9.01. The van der Waals surface area contributed by atoms with Crippen molar-refractivity contribution in [3.63, 3.8) is 0 Å². The fourth-order valence-corrected chi connectivity index (χ4v) is 1.42. The number of hydrogen-bond donors (Lipinski definition) is 1. The lowest BCUT2D eigenvalue weighted by Crippen LogP contribution is -2.26. The third-order valence-corrected chi connectivity index (χ3v) is 1.96. The van der Waals surface area contributed by atoms with Gasteiger partial charge in [0.05, 0.1) is 0 Å². The third kappa shape index (κ3) is 6.62. The van der Waals surface area contributed by atoms with Crippen molar-refractivity contribution in [2.75, 3.05) is 26.2 Å². The Labute approximate surface area is 76.6 Å². The zero-order valence-electron chi connectivity index (χ0n) is 8.55. The molecular formula is C10H23NO. The lowest BCUT2D eigenvalue weighted by atomic mass is 10.2. The van der Waals surface area contributed by atoms with Crippen molar-refractivity contribution in [1.82, 2.24) is 4.90 Å². The minimum absolute atomic E-state index is 0.339. The van der Waals surface area contributed by atoms with Crippen molar-refractivity contribution in [3.05, 3.63) is 0 Å². The Kier molecular flexibility index (Phi) is 8.95. The van der Waals surface area contributed by atoms with Gasteiger partial charge in [-0.15, -0.1) is 0 Å². The molecule has 0 saturated carbocycles. The average Bonchev–Trinajstić information content (AvgIpc) is 2.06. The van der Waals surface area contributed by atoms with Crippen LogP contribution in [0.1, 0.15) is 39.5 Å². The van der Waals surface area contributed by atoms with Crippen LogP contribution < -0.4 is 0 Å². The smallest absolute Gasteiger partial charge is 0.0431 e. The molecule has 0 rings (SSSR count). The van der Waals surface area contributed by atoms with Gasteiger partial charge in [0.2, 0.25) is 0 Å². The maximum absolute atomic E-state index is 8.62. The van der Waals surface area contributed by atoms with Crippen LogP contribution in [0.4, 0.5) is 0 Å². The Morgan fingerprint density at radius 2 is 1.50 bits per heavy atom. The second-order valence-corrected chi connectivity index (χ2v) is 3.27. The SMILES string of the molecule is CCCN(CCC)CCCCO. The Morgan fingerprint density at radius 1 is 0.917 bits per heavy atom. The molecule has 0 aliphatic heterocycles. The summed E-state index contributed by atoms with van der Waals surface area (Å²) in [7, 11) is 0. The highest BCUT2D eigenvalue weighted by molar-refractivity contribution is 4.55. The van der Waals surface area contributed by atoms with Crippen LogP contribution >= 0.6 is 0 Å². The molecule has 0 heterocycles. The van der Waals surface area contributed by atoms with Crippen LogP contribution in [0.15, 0.2) is 0 Å². The Bertz CT molecular complexity index is 79.9. The highest BCUT2D eigenvalue weighted by Gasteiger charge is 2.00. The minimum atomic E-state index is 0.339. The van der Waals surface area contributed by atoms with E-state index in [0.717, 1.165) is 19.4 Å². The summed E-state index contributed by atoms with van der Waals surface area (Å²) in [6.07, 6.45) is 4.55. The van der Waals surface area contributed by atoms with Crippen LogP contribution in [-0.2, 0) is 0 Å². The molecule has 2 nitrogen and oxygen atoms in total. The van der Waals surface area contributed by atoms with Gasteiger partial charge >= 0.3 is 0 Å². The molecule has 74 valence electrons. The molecule has 12 heavy (non-hydrogen) atoms. The van der Waals surface area contributed by atoms with Crippen molar-refractivity contribution in [3.8, 4) is 0 Å². The molecule has 0 radical (unpaired) electrons. The normalized spacial score (nSPS) is 11.0. The van der Waals surface area contributed by atoms with Gasteiger partial charge in [0.15, 0.2) is 0 Å². The van der Waals surface area contributed by atoms with Crippen LogP contribution in [0.3, 0.4) is 0 Å². The molecule has 0 saturated heterocycles. The molecule has 0 aromatic heterocycles. The number of rotatable bonds is 8. The molecule has 1 N–H and O–H groups in total.